The molecule has 3 aromatic heterocycles. The van der Waals surface area contributed by atoms with Crippen LogP contribution in [0.15, 0.2) is 18.3 Å². The van der Waals surface area contributed by atoms with E-state index in [9.17, 15) is 5.26 Å². The van der Waals surface area contributed by atoms with Gasteiger partial charge in [-0.1, -0.05) is 17.4 Å². The zero-order chi connectivity index (χ0) is 18.6. The molecule has 4 aromatic rings. The van der Waals surface area contributed by atoms with E-state index in [4.69, 9.17) is 10.5 Å². The van der Waals surface area contributed by atoms with Gasteiger partial charge >= 0.3 is 0 Å². The van der Waals surface area contributed by atoms with Gasteiger partial charge in [0.25, 0.3) is 0 Å². The number of methoxy groups -OCH3 is 1. The molecule has 0 bridgehead atoms. The number of aromatic nitrogens is 3. The second kappa shape index (κ2) is 5.71. The first-order valence-corrected chi connectivity index (χ1v) is 8.90. The Morgan fingerprint density at radius 2 is 2.04 bits per heavy atom. The van der Waals surface area contributed by atoms with Crippen LogP contribution in [-0.4, -0.2) is 21.6 Å². The monoisotopic (exact) mass is 363 g/mol. The summed E-state index contributed by atoms with van der Waals surface area (Å²) in [7, 11) is 1.64. The first-order chi connectivity index (χ1) is 12.5. The van der Waals surface area contributed by atoms with Crippen molar-refractivity contribution in [3.8, 4) is 17.5 Å². The van der Waals surface area contributed by atoms with Crippen LogP contribution >= 0.6 is 11.3 Å². The van der Waals surface area contributed by atoms with Crippen molar-refractivity contribution in [2.24, 2.45) is 0 Å². The highest BCUT2D eigenvalue weighted by Gasteiger charge is 2.23. The van der Waals surface area contributed by atoms with Crippen LogP contribution in [0.5, 0.6) is 5.75 Å². The maximum absolute atomic E-state index is 9.68. The molecule has 4 rings (SSSR count). The van der Waals surface area contributed by atoms with E-state index in [2.05, 4.69) is 16.0 Å². The molecule has 2 N–H and O–H groups in total. The maximum Gasteiger partial charge on any atom is 0.145 e. The van der Waals surface area contributed by atoms with Gasteiger partial charge in [-0.3, -0.25) is 4.57 Å². The lowest BCUT2D eigenvalue weighted by atomic mass is 10.1. The lowest BCUT2D eigenvalue weighted by molar-refractivity contribution is 0.411. The van der Waals surface area contributed by atoms with E-state index >= 15 is 0 Å². The number of thiazole rings is 1. The largest absolute Gasteiger partial charge is 0.496 e. The summed E-state index contributed by atoms with van der Waals surface area (Å²) in [6, 6.07) is 6.15. The number of aryl methyl sites for hydroxylation is 2. The molecule has 0 amide bonds. The third kappa shape index (κ3) is 2.09. The predicted octanol–water partition coefficient (Wildman–Crippen LogP) is 4.02. The molecule has 0 atom stereocenters. The van der Waals surface area contributed by atoms with Crippen molar-refractivity contribution in [3.05, 3.63) is 40.0 Å². The molecule has 3 heterocycles. The Hall–Kier alpha value is -3.11. The number of benzene rings is 1. The summed E-state index contributed by atoms with van der Waals surface area (Å²) in [5, 5.41) is 11.3. The number of fused-ring (bicyclic) bond motifs is 3. The number of anilines is 1. The van der Waals surface area contributed by atoms with Crippen LogP contribution in [0.2, 0.25) is 0 Å². The number of nitriles is 1. The maximum atomic E-state index is 9.68. The van der Waals surface area contributed by atoms with E-state index in [1.54, 1.807) is 13.3 Å². The van der Waals surface area contributed by atoms with Crippen molar-refractivity contribution in [2.45, 2.75) is 20.8 Å². The Morgan fingerprint density at radius 1 is 1.27 bits per heavy atom. The van der Waals surface area contributed by atoms with Crippen molar-refractivity contribution in [1.29, 1.82) is 5.26 Å². The van der Waals surface area contributed by atoms with Crippen molar-refractivity contribution in [1.82, 2.24) is 14.5 Å². The molecular formula is C19H17N5OS. The zero-order valence-electron chi connectivity index (χ0n) is 14.9. The molecule has 0 radical (unpaired) electrons. The minimum Gasteiger partial charge on any atom is -0.496 e. The molecule has 130 valence electrons. The van der Waals surface area contributed by atoms with E-state index in [1.165, 1.54) is 11.3 Å². The fourth-order valence-electron chi connectivity index (χ4n) is 3.48. The van der Waals surface area contributed by atoms with Crippen molar-refractivity contribution >= 4 is 38.4 Å². The normalized spacial score (nSPS) is 11.2. The van der Waals surface area contributed by atoms with E-state index < -0.39 is 0 Å². The first-order valence-electron chi connectivity index (χ1n) is 8.08. The Bertz CT molecular complexity index is 1230. The Kier molecular flexibility index (Phi) is 3.60. The van der Waals surface area contributed by atoms with Crippen molar-refractivity contribution < 1.29 is 4.74 Å². The summed E-state index contributed by atoms with van der Waals surface area (Å²) in [4.78, 5) is 9.96. The molecular weight excluding hydrogens is 346 g/mol. The van der Waals surface area contributed by atoms with Crippen LogP contribution in [0.1, 0.15) is 21.7 Å². The van der Waals surface area contributed by atoms with Gasteiger partial charge < -0.3 is 10.5 Å². The second-order valence-electron chi connectivity index (χ2n) is 6.17. The lowest BCUT2D eigenvalue weighted by Crippen LogP contribution is -2.06. The van der Waals surface area contributed by atoms with E-state index in [-0.39, 0.29) is 0 Å². The number of pyridine rings is 1. The molecule has 0 aliphatic carbocycles. The van der Waals surface area contributed by atoms with Gasteiger partial charge in [0.15, 0.2) is 0 Å². The van der Waals surface area contributed by atoms with Crippen molar-refractivity contribution in [2.75, 3.05) is 12.8 Å². The van der Waals surface area contributed by atoms with Gasteiger partial charge in [-0.25, -0.2) is 9.97 Å². The number of nitrogens with two attached hydrogens (primary N) is 1. The Labute approximate surface area is 154 Å². The summed E-state index contributed by atoms with van der Waals surface area (Å²) in [5.41, 5.74) is 11.3. The molecule has 0 saturated heterocycles. The van der Waals surface area contributed by atoms with Crippen LogP contribution < -0.4 is 10.5 Å². The number of nitrogens with zero attached hydrogens (tertiary/aromatic N) is 4. The second-order valence-corrected chi connectivity index (χ2v) is 7.35. The van der Waals surface area contributed by atoms with Gasteiger partial charge in [-0.05, 0) is 32.4 Å². The highest BCUT2D eigenvalue weighted by atomic mass is 32.1. The zero-order valence-corrected chi connectivity index (χ0v) is 15.7. The fourth-order valence-corrected chi connectivity index (χ4v) is 4.24. The fraction of sp³-hybridized carbons (Fsp3) is 0.211. The smallest absolute Gasteiger partial charge is 0.145 e. The number of hydrogen-bond donors (Lipinski definition) is 1. The van der Waals surface area contributed by atoms with Crippen LogP contribution in [0.25, 0.3) is 26.9 Å². The minimum absolute atomic E-state index is 0.391. The summed E-state index contributed by atoms with van der Waals surface area (Å²) in [6.07, 6.45) is 1.71. The molecule has 0 aliphatic rings. The Morgan fingerprint density at radius 3 is 2.73 bits per heavy atom. The molecule has 0 unspecified atom stereocenters. The quantitative estimate of drug-likeness (QED) is 0.581. The molecule has 6 nitrogen and oxygen atoms in total. The summed E-state index contributed by atoms with van der Waals surface area (Å²) in [5.74, 6) is 1.16. The summed E-state index contributed by atoms with van der Waals surface area (Å²) in [6.45, 7) is 5.95. The highest BCUT2D eigenvalue weighted by molar-refractivity contribution is 7.18. The van der Waals surface area contributed by atoms with Crippen LogP contribution in [0.4, 0.5) is 5.82 Å². The van der Waals surface area contributed by atoms with Gasteiger partial charge in [0.2, 0.25) is 0 Å². The number of ether oxygens (including phenoxy) is 1. The molecule has 26 heavy (non-hydrogen) atoms. The van der Waals surface area contributed by atoms with Crippen molar-refractivity contribution in [3.63, 3.8) is 0 Å². The standard InChI is InChI=1S/C19H17N5OS/c1-9-5-6-14(25-4)10(2)16(9)24-17-13(12(7-20)18(24)21)8-22-19-15(17)23-11(3)26-19/h5-6,8H,21H2,1-4H3. The average molecular weight is 363 g/mol. The highest BCUT2D eigenvalue weighted by Crippen LogP contribution is 2.39. The Balaban J connectivity index is 2.26. The summed E-state index contributed by atoms with van der Waals surface area (Å²) < 4.78 is 7.41. The molecule has 0 spiro atoms. The van der Waals surface area contributed by atoms with Gasteiger partial charge in [0, 0.05) is 17.1 Å². The molecule has 0 saturated carbocycles. The summed E-state index contributed by atoms with van der Waals surface area (Å²) >= 11 is 1.53. The van der Waals surface area contributed by atoms with E-state index in [0.29, 0.717) is 16.8 Å². The third-order valence-corrected chi connectivity index (χ3v) is 5.51. The lowest BCUT2D eigenvalue weighted by Gasteiger charge is -2.17. The van der Waals surface area contributed by atoms with Gasteiger partial charge in [-0.15, -0.1) is 0 Å². The van der Waals surface area contributed by atoms with Crippen LogP contribution in [-0.2, 0) is 0 Å². The number of rotatable bonds is 2. The van der Waals surface area contributed by atoms with Crippen LogP contribution in [0, 0.1) is 32.1 Å². The van der Waals surface area contributed by atoms with E-state index in [0.717, 1.165) is 43.4 Å². The van der Waals surface area contributed by atoms with Gasteiger partial charge in [0.05, 0.1) is 23.3 Å². The predicted molar refractivity (Wildman–Crippen MR) is 104 cm³/mol. The molecule has 1 aromatic carbocycles. The number of hydrogen-bond acceptors (Lipinski definition) is 6. The van der Waals surface area contributed by atoms with Crippen LogP contribution in [0.3, 0.4) is 0 Å². The van der Waals surface area contributed by atoms with E-state index in [1.807, 2.05) is 37.5 Å². The van der Waals surface area contributed by atoms with Gasteiger partial charge in [-0.2, -0.15) is 5.26 Å². The molecule has 0 fully saturated rings. The molecule has 0 aliphatic heterocycles. The first kappa shape index (κ1) is 16.4. The van der Waals surface area contributed by atoms with Gasteiger partial charge in [0.1, 0.15) is 33.5 Å². The third-order valence-electron chi connectivity index (χ3n) is 4.63. The minimum atomic E-state index is 0.391. The average Bonchev–Trinajstić information content (AvgIpc) is 3.12. The topological polar surface area (TPSA) is 89.8 Å². The SMILES string of the molecule is COc1ccc(C)c(-n2c(N)c(C#N)c3cnc4sc(C)nc4c32)c1C. The molecule has 7 heteroatoms. The number of nitrogen functional groups attached to an aromatic ring is 1.